The van der Waals surface area contributed by atoms with Gasteiger partial charge in [0.2, 0.25) is 0 Å². The Balaban J connectivity index is 1.63. The van der Waals surface area contributed by atoms with Gasteiger partial charge in [0.05, 0.1) is 0 Å². The summed E-state index contributed by atoms with van der Waals surface area (Å²) in [5, 5.41) is 3.85. The first-order chi connectivity index (χ1) is 8.12. The predicted octanol–water partition coefficient (Wildman–Crippen LogP) is 2.49. The Morgan fingerprint density at radius 1 is 1.35 bits per heavy atom. The number of piperazine rings is 1. The van der Waals surface area contributed by atoms with Crippen molar-refractivity contribution in [1.29, 1.82) is 0 Å². The van der Waals surface area contributed by atoms with E-state index in [0.717, 1.165) is 23.8 Å². The van der Waals surface area contributed by atoms with Crippen LogP contribution in [0.4, 0.5) is 0 Å². The highest BCUT2D eigenvalue weighted by molar-refractivity contribution is 5.04. The van der Waals surface area contributed by atoms with E-state index in [-0.39, 0.29) is 0 Å². The molecule has 0 bridgehead atoms. The van der Waals surface area contributed by atoms with Crippen molar-refractivity contribution in [2.75, 3.05) is 19.6 Å². The third-order valence-corrected chi connectivity index (χ3v) is 5.48. The second-order valence-corrected chi connectivity index (χ2v) is 7.04. The van der Waals surface area contributed by atoms with Gasteiger partial charge in [-0.05, 0) is 50.4 Å². The van der Waals surface area contributed by atoms with E-state index in [4.69, 9.17) is 0 Å². The average molecular weight is 236 g/mol. The Morgan fingerprint density at radius 3 is 2.59 bits per heavy atom. The molecule has 0 amide bonds. The Hall–Kier alpha value is -0.0800. The fourth-order valence-corrected chi connectivity index (χ4v) is 3.65. The Labute approximate surface area is 106 Å². The van der Waals surface area contributed by atoms with E-state index >= 15 is 0 Å². The molecule has 0 aromatic heterocycles. The molecule has 0 radical (unpaired) electrons. The highest BCUT2D eigenvalue weighted by atomic mass is 15.3. The summed E-state index contributed by atoms with van der Waals surface area (Å²) in [6.45, 7) is 11.1. The number of rotatable bonds is 4. The second-order valence-electron chi connectivity index (χ2n) is 7.04. The van der Waals surface area contributed by atoms with Gasteiger partial charge in [0.1, 0.15) is 0 Å². The molecule has 0 aromatic rings. The lowest BCUT2D eigenvalue weighted by Gasteiger charge is -2.46. The molecule has 1 heterocycles. The van der Waals surface area contributed by atoms with Crippen LogP contribution < -0.4 is 5.32 Å². The third-order valence-electron chi connectivity index (χ3n) is 5.48. The van der Waals surface area contributed by atoms with E-state index in [2.05, 4.69) is 31.0 Å². The fourth-order valence-electron chi connectivity index (χ4n) is 3.65. The van der Waals surface area contributed by atoms with Gasteiger partial charge in [-0.1, -0.05) is 13.8 Å². The van der Waals surface area contributed by atoms with E-state index in [9.17, 15) is 0 Å². The molecule has 2 aliphatic carbocycles. The number of hydrogen-bond donors (Lipinski definition) is 1. The Bertz CT molecular complexity index is 287. The van der Waals surface area contributed by atoms with Gasteiger partial charge >= 0.3 is 0 Å². The Kier molecular flexibility index (Phi) is 2.99. The van der Waals surface area contributed by atoms with Crippen LogP contribution in [0.5, 0.6) is 0 Å². The number of nitrogens with zero attached hydrogens (tertiary/aromatic N) is 1. The molecule has 4 atom stereocenters. The summed E-state index contributed by atoms with van der Waals surface area (Å²) in [6, 6.07) is 0.787. The molecule has 0 aromatic carbocycles. The maximum absolute atomic E-state index is 3.85. The summed E-state index contributed by atoms with van der Waals surface area (Å²) in [5.74, 6) is 2.96. The first-order valence-corrected chi connectivity index (χ1v) is 7.61. The van der Waals surface area contributed by atoms with Gasteiger partial charge < -0.3 is 5.32 Å². The molecule has 3 aliphatic rings. The molecule has 1 saturated heterocycles. The molecule has 2 nitrogen and oxygen atoms in total. The molecule has 1 N–H and O–H groups in total. The third kappa shape index (κ3) is 2.39. The van der Waals surface area contributed by atoms with Crippen molar-refractivity contribution in [3.8, 4) is 0 Å². The summed E-state index contributed by atoms with van der Waals surface area (Å²) < 4.78 is 0. The first kappa shape index (κ1) is 12.0. The predicted molar refractivity (Wildman–Crippen MR) is 72.1 cm³/mol. The Morgan fingerprint density at radius 2 is 2.06 bits per heavy atom. The van der Waals surface area contributed by atoms with Gasteiger partial charge in [0.15, 0.2) is 0 Å². The van der Waals surface area contributed by atoms with Gasteiger partial charge in [-0.2, -0.15) is 0 Å². The van der Waals surface area contributed by atoms with E-state index in [0.29, 0.717) is 5.54 Å². The topological polar surface area (TPSA) is 15.3 Å². The summed E-state index contributed by atoms with van der Waals surface area (Å²) in [4.78, 5) is 2.81. The highest BCUT2D eigenvalue weighted by Gasteiger charge is 2.47. The van der Waals surface area contributed by atoms with Crippen LogP contribution >= 0.6 is 0 Å². The molecule has 3 rings (SSSR count). The maximum Gasteiger partial charge on any atom is 0.0309 e. The number of hydrogen-bond acceptors (Lipinski definition) is 2. The normalized spacial score (nSPS) is 47.1. The number of nitrogens with one attached hydrogen (secondary N) is 1. The lowest BCUT2D eigenvalue weighted by atomic mass is 9.90. The van der Waals surface area contributed by atoms with Crippen LogP contribution in [0.1, 0.15) is 46.5 Å². The minimum absolute atomic E-state index is 0.420. The zero-order valence-corrected chi connectivity index (χ0v) is 11.7. The van der Waals surface area contributed by atoms with Gasteiger partial charge in [-0.3, -0.25) is 4.90 Å². The zero-order valence-electron chi connectivity index (χ0n) is 11.7. The van der Waals surface area contributed by atoms with Crippen molar-refractivity contribution in [1.82, 2.24) is 10.2 Å². The largest absolute Gasteiger partial charge is 0.308 e. The molecule has 17 heavy (non-hydrogen) atoms. The van der Waals surface area contributed by atoms with Gasteiger partial charge in [0, 0.05) is 31.2 Å². The molecular weight excluding hydrogens is 208 g/mol. The molecule has 2 heteroatoms. The van der Waals surface area contributed by atoms with E-state index in [1.165, 1.54) is 45.3 Å². The summed E-state index contributed by atoms with van der Waals surface area (Å²) in [7, 11) is 0. The standard InChI is InChI=1S/C15H28N2/c1-4-14-8-16-15(3,13-5-6-13)10-17(14)9-12-7-11(12)2/h11-14,16H,4-10H2,1-3H3. The van der Waals surface area contributed by atoms with Crippen LogP contribution in [0.15, 0.2) is 0 Å². The van der Waals surface area contributed by atoms with Crippen molar-refractivity contribution in [3.63, 3.8) is 0 Å². The van der Waals surface area contributed by atoms with Crippen molar-refractivity contribution < 1.29 is 0 Å². The smallest absolute Gasteiger partial charge is 0.0309 e. The van der Waals surface area contributed by atoms with Gasteiger partial charge in [-0.25, -0.2) is 0 Å². The first-order valence-electron chi connectivity index (χ1n) is 7.61. The van der Waals surface area contributed by atoms with Gasteiger partial charge in [0.25, 0.3) is 0 Å². The average Bonchev–Trinajstić information content (AvgIpc) is 3.16. The summed E-state index contributed by atoms with van der Waals surface area (Å²) in [5.41, 5.74) is 0.420. The van der Waals surface area contributed by atoms with Crippen molar-refractivity contribution in [2.24, 2.45) is 17.8 Å². The molecule has 3 fully saturated rings. The van der Waals surface area contributed by atoms with Crippen LogP contribution in [0, 0.1) is 17.8 Å². The van der Waals surface area contributed by atoms with Crippen LogP contribution in [0.2, 0.25) is 0 Å². The lowest BCUT2D eigenvalue weighted by molar-refractivity contribution is 0.0679. The van der Waals surface area contributed by atoms with Gasteiger partial charge in [-0.15, -0.1) is 0 Å². The lowest BCUT2D eigenvalue weighted by Crippen LogP contribution is -2.64. The van der Waals surface area contributed by atoms with Crippen LogP contribution in [-0.2, 0) is 0 Å². The van der Waals surface area contributed by atoms with Crippen LogP contribution in [-0.4, -0.2) is 36.1 Å². The fraction of sp³-hybridized carbons (Fsp3) is 1.00. The highest BCUT2D eigenvalue weighted by Crippen LogP contribution is 2.43. The molecule has 4 unspecified atom stereocenters. The van der Waals surface area contributed by atoms with E-state index in [1.54, 1.807) is 0 Å². The summed E-state index contributed by atoms with van der Waals surface area (Å²) >= 11 is 0. The summed E-state index contributed by atoms with van der Waals surface area (Å²) in [6.07, 6.45) is 5.68. The zero-order chi connectivity index (χ0) is 12.0. The second kappa shape index (κ2) is 4.24. The molecule has 2 saturated carbocycles. The van der Waals surface area contributed by atoms with Crippen LogP contribution in [0.3, 0.4) is 0 Å². The quantitative estimate of drug-likeness (QED) is 0.807. The monoisotopic (exact) mass is 236 g/mol. The molecule has 0 spiro atoms. The van der Waals surface area contributed by atoms with Crippen LogP contribution in [0.25, 0.3) is 0 Å². The molecular formula is C15H28N2. The van der Waals surface area contributed by atoms with E-state index in [1.807, 2.05) is 0 Å². The van der Waals surface area contributed by atoms with E-state index < -0.39 is 0 Å². The van der Waals surface area contributed by atoms with Crippen molar-refractivity contribution >= 4 is 0 Å². The minimum Gasteiger partial charge on any atom is -0.308 e. The maximum atomic E-state index is 3.85. The SMILES string of the molecule is CCC1CNC(C)(C2CC2)CN1CC1CC1C. The minimum atomic E-state index is 0.420. The molecule has 1 aliphatic heterocycles. The van der Waals surface area contributed by atoms with Crippen molar-refractivity contribution in [3.05, 3.63) is 0 Å². The molecule has 98 valence electrons. The van der Waals surface area contributed by atoms with Crippen molar-refractivity contribution in [2.45, 2.75) is 58.0 Å².